The third-order valence-electron chi connectivity index (χ3n) is 5.55. The van der Waals surface area contributed by atoms with Crippen molar-refractivity contribution in [1.29, 1.82) is 0 Å². The van der Waals surface area contributed by atoms with Crippen molar-refractivity contribution in [3.05, 3.63) is 52.5 Å². The number of nitrogens with one attached hydrogen (secondary N) is 3. The number of nitrogens with zero attached hydrogens (tertiary/aromatic N) is 2. The lowest BCUT2D eigenvalue weighted by Gasteiger charge is -2.22. The summed E-state index contributed by atoms with van der Waals surface area (Å²) in [4.78, 5) is 24.3. The number of carbonyl (C=O) groups excluding carboxylic acids is 1. The second-order valence-electron chi connectivity index (χ2n) is 7.47. The lowest BCUT2D eigenvalue weighted by atomic mass is 9.90. The van der Waals surface area contributed by atoms with Gasteiger partial charge in [0.2, 0.25) is 5.88 Å². The molecule has 0 bridgehead atoms. The molecule has 3 aromatic rings. The van der Waals surface area contributed by atoms with Crippen molar-refractivity contribution in [3.63, 3.8) is 0 Å². The average Bonchev–Trinajstić information content (AvgIpc) is 3.29. The van der Waals surface area contributed by atoms with E-state index >= 15 is 4.39 Å². The number of amides is 1. The predicted molar refractivity (Wildman–Crippen MR) is 113 cm³/mol. The number of pyridine rings is 1. The first-order chi connectivity index (χ1) is 14.4. The molecule has 0 fully saturated rings. The summed E-state index contributed by atoms with van der Waals surface area (Å²) in [7, 11) is 0. The zero-order valence-electron chi connectivity index (χ0n) is 16.8. The zero-order valence-corrected chi connectivity index (χ0v) is 16.8. The van der Waals surface area contributed by atoms with Crippen LogP contribution < -0.4 is 15.4 Å². The molecule has 0 saturated heterocycles. The van der Waals surface area contributed by atoms with Crippen molar-refractivity contribution in [2.45, 2.75) is 20.8 Å². The molecular weight excluding hydrogens is 385 g/mol. The normalized spacial score (nSPS) is 16.0. The molecule has 7 nitrogen and oxygen atoms in total. The highest BCUT2D eigenvalue weighted by Crippen LogP contribution is 2.44. The van der Waals surface area contributed by atoms with E-state index in [9.17, 15) is 4.79 Å². The van der Waals surface area contributed by atoms with Crippen molar-refractivity contribution in [3.8, 4) is 17.0 Å². The standard InChI is InChI=1S/C22H20FN5O2/c1-10-14(16-9-26-22-19(11(16)2)24-4-5-30-22)7-17(23)20-18(10)15(21(29)28-20)6-13-8-25-12(3)27-13/h6-9,24H,4-5H2,1-3H3,(H,25,27)(H,28,29). The fraction of sp³-hybridized carbons (Fsp3) is 0.227. The van der Waals surface area contributed by atoms with Crippen molar-refractivity contribution < 1.29 is 13.9 Å². The number of rotatable bonds is 2. The average molecular weight is 405 g/mol. The van der Waals surface area contributed by atoms with Gasteiger partial charge in [-0.2, -0.15) is 0 Å². The molecule has 0 atom stereocenters. The van der Waals surface area contributed by atoms with E-state index in [0.29, 0.717) is 41.4 Å². The largest absolute Gasteiger partial charge is 0.474 e. The van der Waals surface area contributed by atoms with Crippen LogP contribution in [0.15, 0.2) is 18.5 Å². The van der Waals surface area contributed by atoms with Crippen LogP contribution in [0, 0.1) is 26.6 Å². The molecule has 0 aliphatic carbocycles. The van der Waals surface area contributed by atoms with E-state index in [1.807, 2.05) is 20.8 Å². The molecule has 0 radical (unpaired) electrons. The summed E-state index contributed by atoms with van der Waals surface area (Å²) in [6.07, 6.45) is 5.04. The van der Waals surface area contributed by atoms with Crippen LogP contribution in [0.5, 0.6) is 5.88 Å². The van der Waals surface area contributed by atoms with Crippen molar-refractivity contribution in [1.82, 2.24) is 15.0 Å². The summed E-state index contributed by atoms with van der Waals surface area (Å²) < 4.78 is 20.7. The molecule has 30 heavy (non-hydrogen) atoms. The number of aromatic amines is 1. The molecule has 5 rings (SSSR count). The highest BCUT2D eigenvalue weighted by molar-refractivity contribution is 6.35. The van der Waals surface area contributed by atoms with Gasteiger partial charge in [-0.1, -0.05) is 0 Å². The number of hydrogen-bond acceptors (Lipinski definition) is 5. The Labute approximate surface area is 172 Å². The van der Waals surface area contributed by atoms with Gasteiger partial charge in [0.1, 0.15) is 23.9 Å². The lowest BCUT2D eigenvalue weighted by Crippen LogP contribution is -2.20. The maximum atomic E-state index is 15.1. The van der Waals surface area contributed by atoms with Crippen LogP contribution in [-0.2, 0) is 4.79 Å². The van der Waals surface area contributed by atoms with Gasteiger partial charge in [-0.05, 0) is 49.6 Å². The van der Waals surface area contributed by atoms with Gasteiger partial charge in [-0.15, -0.1) is 0 Å². The Morgan fingerprint density at radius 3 is 2.70 bits per heavy atom. The minimum atomic E-state index is -0.482. The SMILES string of the molecule is Cc1ncc(C=C2C(=O)Nc3c(F)cc(-c4cnc5c(c4C)NCCO5)c(C)c32)[nH]1. The van der Waals surface area contributed by atoms with E-state index in [4.69, 9.17) is 4.74 Å². The first kappa shape index (κ1) is 18.4. The summed E-state index contributed by atoms with van der Waals surface area (Å²) >= 11 is 0. The molecule has 152 valence electrons. The number of fused-ring (bicyclic) bond motifs is 2. The smallest absolute Gasteiger partial charge is 0.256 e. The summed E-state index contributed by atoms with van der Waals surface area (Å²) in [5.74, 6) is 0.465. The molecule has 8 heteroatoms. The highest BCUT2D eigenvalue weighted by Gasteiger charge is 2.31. The zero-order chi connectivity index (χ0) is 21.0. The van der Waals surface area contributed by atoms with E-state index in [-0.39, 0.29) is 11.6 Å². The number of anilines is 2. The second kappa shape index (κ2) is 6.69. The fourth-order valence-corrected chi connectivity index (χ4v) is 4.08. The molecule has 2 aliphatic rings. The van der Waals surface area contributed by atoms with Gasteiger partial charge in [-0.25, -0.2) is 14.4 Å². The third kappa shape index (κ3) is 2.75. The number of aromatic nitrogens is 3. The number of imidazole rings is 1. The molecular formula is C22H20FN5O2. The highest BCUT2D eigenvalue weighted by atomic mass is 19.1. The van der Waals surface area contributed by atoms with E-state index in [1.165, 1.54) is 6.07 Å². The molecule has 0 saturated carbocycles. The molecule has 2 aromatic heterocycles. The maximum Gasteiger partial charge on any atom is 0.256 e. The Morgan fingerprint density at radius 2 is 1.93 bits per heavy atom. The van der Waals surface area contributed by atoms with E-state index in [1.54, 1.807) is 18.5 Å². The van der Waals surface area contributed by atoms with Gasteiger partial charge < -0.3 is 20.4 Å². The summed E-state index contributed by atoms with van der Waals surface area (Å²) in [5, 5.41) is 5.97. The van der Waals surface area contributed by atoms with Gasteiger partial charge >= 0.3 is 0 Å². The predicted octanol–water partition coefficient (Wildman–Crippen LogP) is 3.83. The Morgan fingerprint density at radius 1 is 1.10 bits per heavy atom. The number of aryl methyl sites for hydroxylation is 1. The molecule has 1 aromatic carbocycles. The Hall–Kier alpha value is -3.68. The first-order valence-corrected chi connectivity index (χ1v) is 9.69. The number of benzene rings is 1. The van der Waals surface area contributed by atoms with E-state index < -0.39 is 5.82 Å². The number of halogens is 1. The number of H-pyrrole nitrogens is 1. The minimum absolute atomic E-state index is 0.203. The number of ether oxygens (including phenoxy) is 1. The van der Waals surface area contributed by atoms with Gasteiger partial charge in [0.05, 0.1) is 23.2 Å². The van der Waals surface area contributed by atoms with E-state index in [2.05, 4.69) is 25.6 Å². The van der Waals surface area contributed by atoms with Crippen molar-refractivity contribution in [2.75, 3.05) is 23.8 Å². The van der Waals surface area contributed by atoms with Gasteiger partial charge in [0.25, 0.3) is 5.91 Å². The van der Waals surface area contributed by atoms with Crippen LogP contribution in [0.1, 0.15) is 28.2 Å². The lowest BCUT2D eigenvalue weighted by molar-refractivity contribution is -0.110. The van der Waals surface area contributed by atoms with Crippen LogP contribution >= 0.6 is 0 Å². The van der Waals surface area contributed by atoms with Gasteiger partial charge in [0, 0.05) is 23.9 Å². The topological polar surface area (TPSA) is 91.9 Å². The number of hydrogen-bond donors (Lipinski definition) is 3. The van der Waals surface area contributed by atoms with Crippen LogP contribution in [0.25, 0.3) is 22.8 Å². The fourth-order valence-electron chi connectivity index (χ4n) is 4.08. The van der Waals surface area contributed by atoms with Gasteiger partial charge in [-0.3, -0.25) is 4.79 Å². The molecule has 1 amide bonds. The molecule has 0 spiro atoms. The molecule has 4 heterocycles. The number of carbonyl (C=O) groups is 1. The summed E-state index contributed by atoms with van der Waals surface area (Å²) in [6.45, 7) is 6.92. The third-order valence-corrected chi connectivity index (χ3v) is 5.55. The van der Waals surface area contributed by atoms with Crippen LogP contribution in [-0.4, -0.2) is 34.0 Å². The van der Waals surface area contributed by atoms with Gasteiger partial charge in [0.15, 0.2) is 0 Å². The van der Waals surface area contributed by atoms with Crippen molar-refractivity contribution in [2.24, 2.45) is 0 Å². The Kier molecular flexibility index (Phi) is 4.09. The molecule has 2 aliphatic heterocycles. The monoisotopic (exact) mass is 405 g/mol. The molecule has 0 unspecified atom stereocenters. The van der Waals surface area contributed by atoms with Crippen LogP contribution in [0.3, 0.4) is 0 Å². The Balaban J connectivity index is 1.70. The summed E-state index contributed by atoms with van der Waals surface area (Å²) in [6, 6.07) is 1.46. The van der Waals surface area contributed by atoms with E-state index in [0.717, 1.165) is 28.2 Å². The van der Waals surface area contributed by atoms with Crippen LogP contribution in [0.2, 0.25) is 0 Å². The maximum absolute atomic E-state index is 15.1. The van der Waals surface area contributed by atoms with Crippen LogP contribution in [0.4, 0.5) is 15.8 Å². The molecule has 3 N–H and O–H groups in total. The minimum Gasteiger partial charge on any atom is -0.474 e. The van der Waals surface area contributed by atoms with Crippen molar-refractivity contribution >= 4 is 28.9 Å². The first-order valence-electron chi connectivity index (χ1n) is 9.69. The second-order valence-corrected chi connectivity index (χ2v) is 7.47. The summed E-state index contributed by atoms with van der Waals surface area (Å²) in [5.41, 5.74) is 5.87. The Bertz CT molecular complexity index is 1240. The quantitative estimate of drug-likeness (QED) is 0.564.